The molecule has 16 heavy (non-hydrogen) atoms. The van der Waals surface area contributed by atoms with Gasteiger partial charge >= 0.3 is 0 Å². The molecule has 3 rings (SSSR count). The van der Waals surface area contributed by atoms with Gasteiger partial charge in [0.15, 0.2) is 11.4 Å². The van der Waals surface area contributed by atoms with Crippen LogP contribution in [0.5, 0.6) is 0 Å². The Balaban J connectivity index is 2.12. The summed E-state index contributed by atoms with van der Waals surface area (Å²) >= 11 is 0. The van der Waals surface area contributed by atoms with Gasteiger partial charge in [-0.05, 0) is 12.1 Å². The third-order valence-corrected chi connectivity index (χ3v) is 2.34. The molecule has 3 heterocycles. The Kier molecular flexibility index (Phi) is 1.86. The Morgan fingerprint density at radius 3 is 3.06 bits per heavy atom. The van der Waals surface area contributed by atoms with E-state index in [1.807, 2.05) is 12.1 Å². The molecule has 3 aromatic rings. The number of aromatic nitrogens is 4. The average molecular weight is 215 g/mol. The van der Waals surface area contributed by atoms with Gasteiger partial charge in [0, 0.05) is 12.3 Å². The fourth-order valence-electron chi connectivity index (χ4n) is 1.61. The van der Waals surface area contributed by atoms with Crippen molar-refractivity contribution in [2.24, 2.45) is 0 Å². The molecule has 6 nitrogen and oxygen atoms in total. The summed E-state index contributed by atoms with van der Waals surface area (Å²) in [7, 11) is 0. The minimum atomic E-state index is 0.421. The van der Waals surface area contributed by atoms with E-state index in [1.54, 1.807) is 23.0 Å². The lowest BCUT2D eigenvalue weighted by molar-refractivity contribution is 0.378. The Hall–Kier alpha value is -2.37. The summed E-state index contributed by atoms with van der Waals surface area (Å²) < 4.78 is 6.82. The molecule has 0 spiro atoms. The molecule has 80 valence electrons. The van der Waals surface area contributed by atoms with E-state index in [2.05, 4.69) is 15.1 Å². The number of anilines is 1. The number of imidazole rings is 1. The number of hydrogen-bond acceptors (Lipinski definition) is 5. The zero-order valence-corrected chi connectivity index (χ0v) is 8.37. The van der Waals surface area contributed by atoms with Crippen LogP contribution in [0.2, 0.25) is 0 Å². The quantitative estimate of drug-likeness (QED) is 0.690. The number of rotatable bonds is 2. The minimum Gasteiger partial charge on any atom is -0.369 e. The number of nitrogens with two attached hydrogens (primary N) is 1. The van der Waals surface area contributed by atoms with Crippen LogP contribution in [-0.2, 0) is 6.54 Å². The molecule has 0 atom stereocenters. The molecule has 0 saturated carbocycles. The van der Waals surface area contributed by atoms with E-state index in [0.29, 0.717) is 12.5 Å². The van der Waals surface area contributed by atoms with Crippen molar-refractivity contribution in [2.45, 2.75) is 6.54 Å². The Morgan fingerprint density at radius 1 is 1.31 bits per heavy atom. The molecule has 0 aliphatic rings. The van der Waals surface area contributed by atoms with Crippen LogP contribution in [0.3, 0.4) is 0 Å². The highest BCUT2D eigenvalue weighted by Crippen LogP contribution is 2.16. The van der Waals surface area contributed by atoms with Gasteiger partial charge in [-0.15, -0.1) is 0 Å². The van der Waals surface area contributed by atoms with Crippen LogP contribution in [-0.4, -0.2) is 19.7 Å². The first-order valence-electron chi connectivity index (χ1n) is 4.81. The van der Waals surface area contributed by atoms with Gasteiger partial charge in [-0.25, -0.2) is 9.97 Å². The second-order valence-electron chi connectivity index (χ2n) is 3.38. The van der Waals surface area contributed by atoms with E-state index in [-0.39, 0.29) is 0 Å². The summed E-state index contributed by atoms with van der Waals surface area (Å²) in [5.74, 6) is 1.14. The molecule has 2 N–H and O–H groups in total. The van der Waals surface area contributed by atoms with E-state index in [4.69, 9.17) is 10.3 Å². The van der Waals surface area contributed by atoms with Crippen molar-refractivity contribution in [3.05, 3.63) is 36.4 Å². The van der Waals surface area contributed by atoms with Crippen LogP contribution in [0.25, 0.3) is 11.2 Å². The molecule has 0 aliphatic carbocycles. The number of pyridine rings is 1. The zero-order valence-electron chi connectivity index (χ0n) is 8.37. The topological polar surface area (TPSA) is 82.8 Å². The van der Waals surface area contributed by atoms with E-state index in [1.165, 1.54) is 0 Å². The molecule has 0 radical (unpaired) electrons. The van der Waals surface area contributed by atoms with Crippen molar-refractivity contribution in [3.8, 4) is 0 Å². The molecular formula is C10H9N5O. The fraction of sp³-hybridized carbons (Fsp3) is 0.100. The Bertz CT molecular complexity index is 613. The first kappa shape index (κ1) is 8.90. The monoisotopic (exact) mass is 215 g/mol. The van der Waals surface area contributed by atoms with E-state index < -0.39 is 0 Å². The van der Waals surface area contributed by atoms with E-state index in [9.17, 15) is 0 Å². The Labute approximate surface area is 90.7 Å². The maximum absolute atomic E-state index is 5.82. The summed E-state index contributed by atoms with van der Waals surface area (Å²) in [6.07, 6.45) is 3.30. The smallest absolute Gasteiger partial charge is 0.202 e. The van der Waals surface area contributed by atoms with Crippen LogP contribution < -0.4 is 5.73 Å². The lowest BCUT2D eigenvalue weighted by Crippen LogP contribution is -2.04. The Morgan fingerprint density at radius 2 is 2.25 bits per heavy atom. The highest BCUT2D eigenvalue weighted by Gasteiger charge is 2.10. The maximum Gasteiger partial charge on any atom is 0.202 e. The average Bonchev–Trinajstić information content (AvgIpc) is 2.89. The van der Waals surface area contributed by atoms with Crippen molar-refractivity contribution in [1.29, 1.82) is 0 Å². The third-order valence-electron chi connectivity index (χ3n) is 2.34. The van der Waals surface area contributed by atoms with Gasteiger partial charge in [-0.1, -0.05) is 5.16 Å². The van der Waals surface area contributed by atoms with Gasteiger partial charge in [-0.2, -0.15) is 0 Å². The molecule has 0 fully saturated rings. The van der Waals surface area contributed by atoms with Gasteiger partial charge in [0.05, 0.1) is 12.7 Å². The van der Waals surface area contributed by atoms with Gasteiger partial charge in [0.2, 0.25) is 5.95 Å². The molecule has 6 heteroatoms. The fourth-order valence-corrected chi connectivity index (χ4v) is 1.61. The molecular weight excluding hydrogens is 206 g/mol. The van der Waals surface area contributed by atoms with Crippen LogP contribution in [0.15, 0.2) is 35.1 Å². The number of hydrogen-bond donors (Lipinski definition) is 1. The van der Waals surface area contributed by atoms with Crippen molar-refractivity contribution >= 4 is 17.1 Å². The van der Waals surface area contributed by atoms with E-state index >= 15 is 0 Å². The summed E-state index contributed by atoms with van der Waals surface area (Å²) in [6.45, 7) is 0.485. The van der Waals surface area contributed by atoms with Crippen LogP contribution in [0.4, 0.5) is 5.95 Å². The highest BCUT2D eigenvalue weighted by atomic mass is 16.5. The van der Waals surface area contributed by atoms with Crippen LogP contribution in [0, 0.1) is 0 Å². The second kappa shape index (κ2) is 3.34. The van der Waals surface area contributed by atoms with Gasteiger partial charge in [-0.3, -0.25) is 4.57 Å². The van der Waals surface area contributed by atoms with Crippen LogP contribution in [0.1, 0.15) is 5.76 Å². The number of fused-ring (bicyclic) bond motifs is 1. The van der Waals surface area contributed by atoms with Crippen molar-refractivity contribution < 1.29 is 4.52 Å². The largest absolute Gasteiger partial charge is 0.369 e. The molecule has 0 saturated heterocycles. The van der Waals surface area contributed by atoms with Crippen molar-refractivity contribution in [1.82, 2.24) is 19.7 Å². The van der Waals surface area contributed by atoms with Crippen LogP contribution >= 0.6 is 0 Å². The lowest BCUT2D eigenvalue weighted by Gasteiger charge is -2.01. The van der Waals surface area contributed by atoms with Gasteiger partial charge < -0.3 is 10.3 Å². The zero-order chi connectivity index (χ0) is 11.0. The standard InChI is InChI=1S/C10H9N5O/c11-10-14-8-2-1-4-12-9(8)15(10)6-7-3-5-13-16-7/h1-5H,6H2,(H2,11,14). The molecule has 3 aromatic heterocycles. The summed E-state index contributed by atoms with van der Waals surface area (Å²) in [5, 5.41) is 3.64. The first-order chi connectivity index (χ1) is 7.84. The summed E-state index contributed by atoms with van der Waals surface area (Å²) in [6, 6.07) is 5.48. The second-order valence-corrected chi connectivity index (χ2v) is 3.38. The van der Waals surface area contributed by atoms with Crippen molar-refractivity contribution in [3.63, 3.8) is 0 Å². The molecule has 0 unspecified atom stereocenters. The SMILES string of the molecule is Nc1nc2cccnc2n1Cc1ccno1. The molecule has 0 bridgehead atoms. The number of nitrogen functional groups attached to an aromatic ring is 1. The summed E-state index contributed by atoms with van der Waals surface area (Å²) in [4.78, 5) is 8.45. The lowest BCUT2D eigenvalue weighted by atomic mass is 10.4. The third kappa shape index (κ3) is 1.31. The van der Waals surface area contributed by atoms with Gasteiger partial charge in [0.25, 0.3) is 0 Å². The molecule has 0 aliphatic heterocycles. The first-order valence-corrected chi connectivity index (χ1v) is 4.81. The minimum absolute atomic E-state index is 0.421. The van der Waals surface area contributed by atoms with Gasteiger partial charge in [0.1, 0.15) is 5.52 Å². The van der Waals surface area contributed by atoms with Crippen molar-refractivity contribution in [2.75, 3.05) is 5.73 Å². The maximum atomic E-state index is 5.82. The predicted molar refractivity (Wildman–Crippen MR) is 57.5 cm³/mol. The summed E-state index contributed by atoms with van der Waals surface area (Å²) in [5.41, 5.74) is 7.34. The molecule has 0 amide bonds. The predicted octanol–water partition coefficient (Wildman–Crippen LogP) is 1.05. The molecule has 0 aromatic carbocycles. The highest BCUT2D eigenvalue weighted by molar-refractivity contribution is 5.73. The number of nitrogens with zero attached hydrogens (tertiary/aromatic N) is 4. The normalized spacial score (nSPS) is 11.0. The van der Waals surface area contributed by atoms with E-state index in [0.717, 1.165) is 16.9 Å².